The third-order valence-electron chi connectivity index (χ3n) is 3.65. The number of methoxy groups -OCH3 is 1. The Kier molecular flexibility index (Phi) is 3.90. The van der Waals surface area contributed by atoms with Crippen LogP contribution in [0, 0.1) is 0 Å². The summed E-state index contributed by atoms with van der Waals surface area (Å²) >= 11 is 0. The van der Waals surface area contributed by atoms with Crippen LogP contribution in [0.15, 0.2) is 36.8 Å². The number of anilines is 1. The predicted octanol–water partition coefficient (Wildman–Crippen LogP) is 3.04. The monoisotopic (exact) mass is 311 g/mol. The second-order valence-electron chi connectivity index (χ2n) is 6.41. The molecule has 6 nitrogen and oxygen atoms in total. The molecule has 1 N–H and O–H groups in total. The van der Waals surface area contributed by atoms with Gasteiger partial charge < -0.3 is 10.1 Å². The quantitative estimate of drug-likeness (QED) is 0.802. The maximum atomic E-state index is 5.28. The molecule has 0 aliphatic rings. The van der Waals surface area contributed by atoms with Crippen LogP contribution >= 0.6 is 0 Å². The third-order valence-corrected chi connectivity index (χ3v) is 3.65. The summed E-state index contributed by atoms with van der Waals surface area (Å²) in [6.07, 6.45) is 5.32. The number of nitrogens with one attached hydrogen (secondary N) is 1. The molecule has 0 radical (unpaired) electrons. The minimum absolute atomic E-state index is 0.00411. The van der Waals surface area contributed by atoms with Gasteiger partial charge in [-0.1, -0.05) is 26.8 Å². The molecular formula is C17H21N5O. The molecule has 0 atom stereocenters. The van der Waals surface area contributed by atoms with E-state index < -0.39 is 0 Å². The number of hydrogen-bond donors (Lipinski definition) is 1. The summed E-state index contributed by atoms with van der Waals surface area (Å²) in [6.45, 7) is 7.03. The van der Waals surface area contributed by atoms with Crippen molar-refractivity contribution in [2.24, 2.45) is 0 Å². The number of fused-ring (bicyclic) bond motifs is 1. The van der Waals surface area contributed by atoms with Crippen molar-refractivity contribution in [2.75, 3.05) is 12.4 Å². The average Bonchev–Trinajstić information content (AvgIpc) is 2.98. The van der Waals surface area contributed by atoms with Crippen molar-refractivity contribution in [3.63, 3.8) is 0 Å². The van der Waals surface area contributed by atoms with Crippen molar-refractivity contribution in [3.8, 4) is 5.88 Å². The lowest BCUT2D eigenvalue weighted by atomic mass is 9.92. The molecule has 0 saturated carbocycles. The largest absolute Gasteiger partial charge is 0.481 e. The van der Waals surface area contributed by atoms with Gasteiger partial charge in [0.15, 0.2) is 5.82 Å². The first kappa shape index (κ1) is 15.3. The van der Waals surface area contributed by atoms with Crippen molar-refractivity contribution in [1.29, 1.82) is 0 Å². The lowest BCUT2D eigenvalue weighted by Crippen LogP contribution is -2.11. The van der Waals surface area contributed by atoms with E-state index in [9.17, 15) is 0 Å². The molecule has 6 heteroatoms. The van der Waals surface area contributed by atoms with Crippen LogP contribution < -0.4 is 10.1 Å². The fourth-order valence-corrected chi connectivity index (χ4v) is 2.35. The van der Waals surface area contributed by atoms with Gasteiger partial charge >= 0.3 is 0 Å². The first-order valence-corrected chi connectivity index (χ1v) is 7.55. The molecule has 0 unspecified atom stereocenters. The van der Waals surface area contributed by atoms with Gasteiger partial charge in [0.05, 0.1) is 12.8 Å². The molecule has 3 rings (SSSR count). The van der Waals surface area contributed by atoms with Gasteiger partial charge in [-0.2, -0.15) is 5.10 Å². The van der Waals surface area contributed by atoms with E-state index in [-0.39, 0.29) is 5.41 Å². The highest BCUT2D eigenvalue weighted by atomic mass is 16.5. The van der Waals surface area contributed by atoms with E-state index >= 15 is 0 Å². The van der Waals surface area contributed by atoms with Gasteiger partial charge in [-0.15, -0.1) is 0 Å². The predicted molar refractivity (Wildman–Crippen MR) is 89.8 cm³/mol. The lowest BCUT2D eigenvalue weighted by molar-refractivity contribution is 0.393. The maximum Gasteiger partial charge on any atom is 0.218 e. The number of aromatic nitrogens is 4. The molecule has 0 amide bonds. The summed E-state index contributed by atoms with van der Waals surface area (Å²) in [5.41, 5.74) is 2.97. The normalized spacial score (nSPS) is 11.7. The van der Waals surface area contributed by atoms with E-state index in [0.717, 1.165) is 22.6 Å². The van der Waals surface area contributed by atoms with Gasteiger partial charge in [0.25, 0.3) is 0 Å². The molecule has 0 bridgehead atoms. The topological polar surface area (TPSA) is 64.3 Å². The Morgan fingerprint density at radius 1 is 1.22 bits per heavy atom. The number of ether oxygens (including phenoxy) is 1. The summed E-state index contributed by atoms with van der Waals surface area (Å²) in [4.78, 5) is 8.65. The molecule has 120 valence electrons. The van der Waals surface area contributed by atoms with Gasteiger partial charge in [0.1, 0.15) is 5.52 Å². The highest BCUT2D eigenvalue weighted by Gasteiger charge is 2.19. The molecule has 0 fully saturated rings. The summed E-state index contributed by atoms with van der Waals surface area (Å²) < 4.78 is 7.14. The Labute approximate surface area is 135 Å². The number of rotatable bonds is 4. The van der Waals surface area contributed by atoms with Crippen LogP contribution in [-0.2, 0) is 12.0 Å². The van der Waals surface area contributed by atoms with Crippen molar-refractivity contribution in [2.45, 2.75) is 32.7 Å². The maximum absolute atomic E-state index is 5.28. The molecule has 0 aliphatic heterocycles. The van der Waals surface area contributed by atoms with Crippen molar-refractivity contribution in [1.82, 2.24) is 19.6 Å². The van der Waals surface area contributed by atoms with E-state index in [2.05, 4.69) is 47.2 Å². The summed E-state index contributed by atoms with van der Waals surface area (Å²) in [6, 6.07) is 5.95. The van der Waals surface area contributed by atoms with Gasteiger partial charge in [-0.3, -0.25) is 0 Å². The molecule has 0 spiro atoms. The molecule has 3 aromatic rings. The van der Waals surface area contributed by atoms with Gasteiger partial charge in [0, 0.05) is 36.1 Å². The smallest absolute Gasteiger partial charge is 0.218 e. The summed E-state index contributed by atoms with van der Waals surface area (Å²) in [7, 11) is 1.62. The second kappa shape index (κ2) is 5.87. The van der Waals surface area contributed by atoms with E-state index in [0.29, 0.717) is 12.4 Å². The van der Waals surface area contributed by atoms with Crippen molar-refractivity contribution >= 4 is 11.3 Å². The van der Waals surface area contributed by atoms with E-state index in [1.807, 2.05) is 22.8 Å². The van der Waals surface area contributed by atoms with Crippen LogP contribution in [-0.4, -0.2) is 26.7 Å². The molecule has 3 aromatic heterocycles. The minimum Gasteiger partial charge on any atom is -0.481 e. The molecule has 0 aromatic carbocycles. The van der Waals surface area contributed by atoms with Crippen molar-refractivity contribution < 1.29 is 4.74 Å². The van der Waals surface area contributed by atoms with Crippen LogP contribution in [0.5, 0.6) is 5.88 Å². The number of nitrogens with zero attached hydrogens (tertiary/aromatic N) is 4. The fraction of sp³-hybridized carbons (Fsp3) is 0.353. The molecule has 23 heavy (non-hydrogen) atoms. The highest BCUT2D eigenvalue weighted by Crippen LogP contribution is 2.25. The fourth-order valence-electron chi connectivity index (χ4n) is 2.35. The van der Waals surface area contributed by atoms with E-state index in [1.165, 1.54) is 0 Å². The average molecular weight is 311 g/mol. The van der Waals surface area contributed by atoms with Crippen LogP contribution in [0.3, 0.4) is 0 Å². The zero-order valence-electron chi connectivity index (χ0n) is 13.9. The van der Waals surface area contributed by atoms with Crippen LogP contribution in [0.2, 0.25) is 0 Å². The second-order valence-corrected chi connectivity index (χ2v) is 6.41. The first-order valence-electron chi connectivity index (χ1n) is 7.55. The highest BCUT2D eigenvalue weighted by molar-refractivity contribution is 5.68. The molecule has 0 aliphatic carbocycles. The van der Waals surface area contributed by atoms with Crippen LogP contribution in [0.4, 0.5) is 5.82 Å². The Morgan fingerprint density at radius 3 is 2.78 bits per heavy atom. The third kappa shape index (κ3) is 3.11. The summed E-state index contributed by atoms with van der Waals surface area (Å²) in [5, 5.41) is 7.98. The molecular weight excluding hydrogens is 290 g/mol. The van der Waals surface area contributed by atoms with Gasteiger partial charge in [-0.25, -0.2) is 14.5 Å². The van der Waals surface area contributed by atoms with Gasteiger partial charge in [0.2, 0.25) is 5.88 Å². The zero-order chi connectivity index (χ0) is 16.4. The Balaban J connectivity index is 1.90. The van der Waals surface area contributed by atoms with E-state index in [1.54, 1.807) is 19.5 Å². The van der Waals surface area contributed by atoms with Crippen LogP contribution in [0.25, 0.3) is 5.52 Å². The molecule has 0 saturated heterocycles. The number of pyridine rings is 1. The number of hydrogen-bond acceptors (Lipinski definition) is 5. The standard InChI is InChI=1S/C17H21N5O/c1-17(2,3)14-10-13-15(18-8-9-22(13)21-14)20-11-12-6-5-7-19-16(12)23-4/h5-10H,11H2,1-4H3,(H,18,20). The summed E-state index contributed by atoms with van der Waals surface area (Å²) in [5.74, 6) is 1.41. The Hall–Kier alpha value is -2.63. The molecule has 3 heterocycles. The lowest BCUT2D eigenvalue weighted by Gasteiger charge is -2.13. The Bertz CT molecular complexity index is 819. The SMILES string of the molecule is COc1ncccc1CNc1nccn2nc(C(C)(C)C)cc12. The van der Waals surface area contributed by atoms with Crippen LogP contribution in [0.1, 0.15) is 32.0 Å². The van der Waals surface area contributed by atoms with Crippen molar-refractivity contribution in [3.05, 3.63) is 48.0 Å². The Morgan fingerprint density at radius 2 is 2.04 bits per heavy atom. The van der Waals surface area contributed by atoms with E-state index in [4.69, 9.17) is 4.74 Å². The zero-order valence-corrected chi connectivity index (χ0v) is 13.9. The first-order chi connectivity index (χ1) is 11.0. The van der Waals surface area contributed by atoms with Gasteiger partial charge in [-0.05, 0) is 12.1 Å². The minimum atomic E-state index is -0.00411.